The van der Waals surface area contributed by atoms with E-state index in [0.717, 1.165) is 5.76 Å². The van der Waals surface area contributed by atoms with Gasteiger partial charge in [-0.2, -0.15) is 0 Å². The van der Waals surface area contributed by atoms with E-state index in [1.54, 1.807) is 6.92 Å². The van der Waals surface area contributed by atoms with E-state index in [1.807, 2.05) is 19.1 Å². The molecule has 0 bridgehead atoms. The third kappa shape index (κ3) is 2.62. The van der Waals surface area contributed by atoms with Gasteiger partial charge in [0.1, 0.15) is 17.2 Å². The molecule has 0 aliphatic heterocycles. The summed E-state index contributed by atoms with van der Waals surface area (Å²) in [7, 11) is 0. The predicted molar refractivity (Wildman–Crippen MR) is 51.5 cm³/mol. The summed E-state index contributed by atoms with van der Waals surface area (Å²) in [6.45, 7) is 3.63. The van der Waals surface area contributed by atoms with Gasteiger partial charge in [0.05, 0.1) is 0 Å². The molecule has 0 radical (unpaired) electrons. The maximum atomic E-state index is 5.30. The summed E-state index contributed by atoms with van der Waals surface area (Å²) in [5, 5.41) is 7.28. The number of nitrogens with two attached hydrogens (primary N) is 2. The second kappa shape index (κ2) is 3.75. The minimum absolute atomic E-state index is 0.0670. The van der Waals surface area contributed by atoms with Crippen LogP contribution in [0.1, 0.15) is 18.4 Å². The highest BCUT2D eigenvalue weighted by Crippen LogP contribution is 2.07. The molecule has 1 aromatic heterocycles. The van der Waals surface area contributed by atoms with Gasteiger partial charge in [0.2, 0.25) is 5.96 Å². The van der Waals surface area contributed by atoms with Crippen LogP contribution < -0.4 is 11.5 Å². The lowest BCUT2D eigenvalue weighted by Crippen LogP contribution is -2.22. The molecule has 13 heavy (non-hydrogen) atoms. The normalized spacial score (nSPS) is 11.4. The van der Waals surface area contributed by atoms with Crippen molar-refractivity contribution in [3.05, 3.63) is 23.7 Å². The first-order valence-corrected chi connectivity index (χ1v) is 3.79. The largest absolute Gasteiger partial charge is 0.460 e. The van der Waals surface area contributed by atoms with Crippen molar-refractivity contribution >= 4 is 11.7 Å². The van der Waals surface area contributed by atoms with E-state index in [4.69, 9.17) is 15.9 Å². The lowest BCUT2D eigenvalue weighted by atomic mass is 10.3. The molecule has 4 N–H and O–H groups in total. The first kappa shape index (κ1) is 9.31. The smallest absolute Gasteiger partial charge is 0.211 e. The van der Waals surface area contributed by atoms with Crippen molar-refractivity contribution in [2.75, 3.05) is 0 Å². The quantitative estimate of drug-likeness (QED) is 0.396. The zero-order valence-electron chi connectivity index (χ0n) is 7.61. The first-order chi connectivity index (χ1) is 6.09. The van der Waals surface area contributed by atoms with Crippen LogP contribution in [0.15, 0.2) is 26.8 Å². The fraction of sp³-hybridized carbons (Fsp3) is 0.250. The van der Waals surface area contributed by atoms with Gasteiger partial charge >= 0.3 is 0 Å². The van der Waals surface area contributed by atoms with Crippen LogP contribution >= 0.6 is 0 Å². The van der Waals surface area contributed by atoms with Crippen LogP contribution in [0.5, 0.6) is 0 Å². The molecule has 5 heteroatoms. The topological polar surface area (TPSA) is 89.9 Å². The predicted octanol–water partition coefficient (Wildman–Crippen LogP) is 0.585. The van der Waals surface area contributed by atoms with Crippen molar-refractivity contribution in [3.63, 3.8) is 0 Å². The Hall–Kier alpha value is -1.78. The minimum Gasteiger partial charge on any atom is -0.460 e. The lowest BCUT2D eigenvalue weighted by Gasteiger charge is -1.91. The first-order valence-electron chi connectivity index (χ1n) is 3.79. The Balaban J connectivity index is 2.85. The van der Waals surface area contributed by atoms with E-state index in [1.165, 1.54) is 0 Å². The molecule has 0 aliphatic carbocycles. The monoisotopic (exact) mass is 180 g/mol. The fourth-order valence-electron chi connectivity index (χ4n) is 0.811. The van der Waals surface area contributed by atoms with Crippen molar-refractivity contribution in [1.29, 1.82) is 0 Å². The van der Waals surface area contributed by atoms with Crippen molar-refractivity contribution < 1.29 is 4.42 Å². The molecule has 1 aromatic rings. The molecular weight excluding hydrogens is 168 g/mol. The zero-order chi connectivity index (χ0) is 9.84. The molecule has 70 valence electrons. The van der Waals surface area contributed by atoms with E-state index in [9.17, 15) is 0 Å². The lowest BCUT2D eigenvalue weighted by molar-refractivity contribution is 0.525. The summed E-state index contributed by atoms with van der Waals surface area (Å²) in [5.74, 6) is 1.43. The molecule has 0 atom stereocenters. The number of rotatable bonds is 2. The molecule has 0 saturated heterocycles. The summed E-state index contributed by atoms with van der Waals surface area (Å²) < 4.78 is 5.30. The summed E-state index contributed by atoms with van der Waals surface area (Å²) in [6, 6.07) is 3.67. The van der Waals surface area contributed by atoms with Crippen molar-refractivity contribution in [2.45, 2.75) is 13.8 Å². The highest BCUT2D eigenvalue weighted by Gasteiger charge is 2.01. The third-order valence-electron chi connectivity index (χ3n) is 1.41. The van der Waals surface area contributed by atoms with Gasteiger partial charge in [-0.05, 0) is 26.0 Å². The molecule has 0 spiro atoms. The van der Waals surface area contributed by atoms with Crippen LogP contribution in [-0.2, 0) is 0 Å². The number of guanidine groups is 1. The highest BCUT2D eigenvalue weighted by atomic mass is 16.3. The average molecular weight is 180 g/mol. The van der Waals surface area contributed by atoms with E-state index in [2.05, 4.69) is 10.2 Å². The van der Waals surface area contributed by atoms with Gasteiger partial charge < -0.3 is 15.9 Å². The summed E-state index contributed by atoms with van der Waals surface area (Å²) >= 11 is 0. The standard InChI is InChI=1S/C8H12N4O/c1-5-3-4-7(13-5)6(2)11-12-8(9)10/h3-4H,1-2H3,(H4,9,10,12)/b11-6-. The molecule has 5 nitrogen and oxygen atoms in total. The van der Waals surface area contributed by atoms with Crippen LogP contribution in [0, 0.1) is 6.92 Å². The molecule has 0 fully saturated rings. The summed E-state index contributed by atoms with van der Waals surface area (Å²) in [5.41, 5.74) is 10.9. The van der Waals surface area contributed by atoms with Gasteiger partial charge in [0.15, 0.2) is 0 Å². The molecule has 0 amide bonds. The van der Waals surface area contributed by atoms with E-state index in [0.29, 0.717) is 11.5 Å². The van der Waals surface area contributed by atoms with Crippen LogP contribution in [0.25, 0.3) is 0 Å². The Morgan fingerprint density at radius 1 is 1.31 bits per heavy atom. The van der Waals surface area contributed by atoms with Gasteiger partial charge in [-0.15, -0.1) is 10.2 Å². The van der Waals surface area contributed by atoms with Crippen LogP contribution in [-0.4, -0.2) is 11.7 Å². The Morgan fingerprint density at radius 3 is 2.46 bits per heavy atom. The SMILES string of the molecule is C/C(=N/N=C(N)N)c1ccc(C)o1. The highest BCUT2D eigenvalue weighted by molar-refractivity contribution is 5.96. The molecule has 1 heterocycles. The van der Waals surface area contributed by atoms with Crippen LogP contribution in [0.3, 0.4) is 0 Å². The fourth-order valence-corrected chi connectivity index (χ4v) is 0.811. The van der Waals surface area contributed by atoms with E-state index in [-0.39, 0.29) is 5.96 Å². The van der Waals surface area contributed by atoms with Gasteiger partial charge in [0.25, 0.3) is 0 Å². The van der Waals surface area contributed by atoms with E-state index >= 15 is 0 Å². The maximum absolute atomic E-state index is 5.30. The van der Waals surface area contributed by atoms with Gasteiger partial charge in [-0.25, -0.2) is 0 Å². The van der Waals surface area contributed by atoms with Gasteiger partial charge in [0, 0.05) is 0 Å². The summed E-state index contributed by atoms with van der Waals surface area (Å²) in [4.78, 5) is 0. The van der Waals surface area contributed by atoms with Crippen molar-refractivity contribution in [2.24, 2.45) is 21.7 Å². The minimum atomic E-state index is -0.0670. The number of furan rings is 1. The maximum Gasteiger partial charge on any atom is 0.211 e. The Morgan fingerprint density at radius 2 is 2.00 bits per heavy atom. The van der Waals surface area contributed by atoms with Crippen LogP contribution in [0.4, 0.5) is 0 Å². The Kier molecular flexibility index (Phi) is 2.69. The number of nitrogens with zero attached hydrogens (tertiary/aromatic N) is 2. The van der Waals surface area contributed by atoms with Gasteiger partial charge in [-0.3, -0.25) is 0 Å². The van der Waals surface area contributed by atoms with E-state index < -0.39 is 0 Å². The zero-order valence-corrected chi connectivity index (χ0v) is 7.61. The number of aryl methyl sites for hydroxylation is 1. The molecule has 0 saturated carbocycles. The average Bonchev–Trinajstić information content (AvgIpc) is 2.47. The third-order valence-corrected chi connectivity index (χ3v) is 1.41. The summed E-state index contributed by atoms with van der Waals surface area (Å²) in [6.07, 6.45) is 0. The second-order valence-corrected chi connectivity index (χ2v) is 2.62. The molecular formula is C8H12N4O. The number of hydrogen-bond acceptors (Lipinski definition) is 3. The van der Waals surface area contributed by atoms with Gasteiger partial charge in [-0.1, -0.05) is 0 Å². The molecule has 0 aliphatic rings. The molecule has 1 rings (SSSR count). The second-order valence-electron chi connectivity index (χ2n) is 2.62. The molecule has 0 aromatic carbocycles. The Labute approximate surface area is 76.1 Å². The van der Waals surface area contributed by atoms with Crippen molar-refractivity contribution in [3.8, 4) is 0 Å². The molecule has 0 unspecified atom stereocenters. The van der Waals surface area contributed by atoms with Crippen molar-refractivity contribution in [1.82, 2.24) is 0 Å². The van der Waals surface area contributed by atoms with Crippen LogP contribution in [0.2, 0.25) is 0 Å². The Bertz CT molecular complexity index is 347. The number of hydrogen-bond donors (Lipinski definition) is 2.